The summed E-state index contributed by atoms with van der Waals surface area (Å²) in [6, 6.07) is 9.08. The summed E-state index contributed by atoms with van der Waals surface area (Å²) in [5.41, 5.74) is 3.04. The van der Waals surface area contributed by atoms with E-state index >= 15 is 0 Å². The number of carboxylic acid groups (broad SMARTS) is 1. The van der Waals surface area contributed by atoms with Crippen molar-refractivity contribution in [3.05, 3.63) is 70.5 Å². The molecule has 2 N–H and O–H groups in total. The van der Waals surface area contributed by atoms with E-state index in [1.165, 1.54) is 37.3 Å². The van der Waals surface area contributed by atoms with Gasteiger partial charge >= 0.3 is 12.1 Å². The van der Waals surface area contributed by atoms with Crippen LogP contribution in [0, 0.1) is 0 Å². The van der Waals surface area contributed by atoms with Crippen molar-refractivity contribution in [1.29, 1.82) is 0 Å². The number of carbonyl (C=O) groups is 2. The lowest BCUT2D eigenvalue weighted by atomic mass is 10.1. The van der Waals surface area contributed by atoms with Crippen LogP contribution in [-0.2, 0) is 22.3 Å². The number of rotatable bonds is 9. The van der Waals surface area contributed by atoms with Crippen LogP contribution in [0.15, 0.2) is 48.2 Å². The fraction of sp³-hybridized carbons (Fsp3) is 0.273. The molecule has 0 aliphatic carbocycles. The third-order valence-electron chi connectivity index (χ3n) is 3.99. The Labute approximate surface area is 177 Å². The second kappa shape index (κ2) is 10.1. The average Bonchev–Trinajstić information content (AvgIpc) is 2.67. The molecular formula is C22H22F3NO5. The summed E-state index contributed by atoms with van der Waals surface area (Å²) in [5.74, 6) is -1.63. The van der Waals surface area contributed by atoms with Gasteiger partial charge in [-0.3, -0.25) is 4.79 Å². The normalized spacial score (nSPS) is 12.0. The van der Waals surface area contributed by atoms with Gasteiger partial charge < -0.3 is 14.7 Å². The summed E-state index contributed by atoms with van der Waals surface area (Å²) < 4.78 is 43.1. The van der Waals surface area contributed by atoms with Gasteiger partial charge in [0.05, 0.1) is 23.8 Å². The van der Waals surface area contributed by atoms with Crippen LogP contribution >= 0.6 is 0 Å². The summed E-state index contributed by atoms with van der Waals surface area (Å²) >= 11 is 0. The highest BCUT2D eigenvalue weighted by Gasteiger charge is 2.29. The molecule has 0 aromatic heterocycles. The molecule has 6 nitrogen and oxygen atoms in total. The molecule has 166 valence electrons. The molecule has 0 aliphatic heterocycles. The Morgan fingerprint density at radius 1 is 1.13 bits per heavy atom. The molecule has 0 atom stereocenters. The predicted molar refractivity (Wildman–Crippen MR) is 107 cm³/mol. The number of alkyl halides is 3. The molecule has 0 saturated carbocycles. The monoisotopic (exact) mass is 437 g/mol. The zero-order valence-electron chi connectivity index (χ0n) is 17.1. The second-order valence-electron chi connectivity index (χ2n) is 6.91. The van der Waals surface area contributed by atoms with Crippen LogP contribution < -0.4 is 10.3 Å². The van der Waals surface area contributed by atoms with E-state index in [4.69, 9.17) is 9.57 Å². The molecule has 31 heavy (non-hydrogen) atoms. The zero-order valence-corrected chi connectivity index (χ0v) is 17.1. The second-order valence-corrected chi connectivity index (χ2v) is 6.91. The van der Waals surface area contributed by atoms with Gasteiger partial charge in [-0.2, -0.15) is 18.7 Å². The number of ketones is 1. The number of hydrogen-bond donors (Lipinski definition) is 2. The Morgan fingerprint density at radius 2 is 1.77 bits per heavy atom. The van der Waals surface area contributed by atoms with Crippen LogP contribution in [0.2, 0.25) is 0 Å². The van der Waals surface area contributed by atoms with Crippen LogP contribution in [-0.4, -0.2) is 23.0 Å². The quantitative estimate of drug-likeness (QED) is 0.253. The lowest BCUT2D eigenvalue weighted by Crippen LogP contribution is -2.19. The number of hydroxylamine groups is 1. The predicted octanol–water partition coefficient (Wildman–Crippen LogP) is 4.84. The molecule has 9 heteroatoms. The van der Waals surface area contributed by atoms with E-state index < -0.39 is 17.7 Å². The van der Waals surface area contributed by atoms with E-state index in [1.54, 1.807) is 19.9 Å². The Bertz CT molecular complexity index is 966. The van der Waals surface area contributed by atoms with Crippen molar-refractivity contribution in [2.75, 3.05) is 0 Å². The molecule has 0 heterocycles. The minimum Gasteiger partial charge on any atom is -0.484 e. The fourth-order valence-corrected chi connectivity index (χ4v) is 2.56. The third-order valence-corrected chi connectivity index (χ3v) is 3.99. The number of ether oxygens (including phenoxy) is 1. The Morgan fingerprint density at radius 3 is 2.29 bits per heavy atom. The molecule has 0 radical (unpaired) electrons. The van der Waals surface area contributed by atoms with Crippen molar-refractivity contribution in [2.45, 2.75) is 39.6 Å². The maximum atomic E-state index is 12.6. The van der Waals surface area contributed by atoms with Crippen LogP contribution in [0.4, 0.5) is 13.2 Å². The van der Waals surface area contributed by atoms with E-state index in [9.17, 15) is 27.9 Å². The first-order valence-electron chi connectivity index (χ1n) is 9.30. The molecule has 0 bridgehead atoms. The molecule has 0 amide bonds. The first kappa shape index (κ1) is 23.9. The van der Waals surface area contributed by atoms with Crippen molar-refractivity contribution in [3.8, 4) is 5.75 Å². The number of hydrogen-bond acceptors (Lipinski definition) is 5. The van der Waals surface area contributed by atoms with Crippen molar-refractivity contribution in [2.24, 2.45) is 0 Å². The first-order valence-corrected chi connectivity index (χ1v) is 9.30. The van der Waals surface area contributed by atoms with Crippen LogP contribution in [0.25, 0.3) is 6.08 Å². The molecule has 2 rings (SSSR count). The summed E-state index contributed by atoms with van der Waals surface area (Å²) in [4.78, 5) is 28.7. The fourth-order valence-electron chi connectivity index (χ4n) is 2.56. The maximum absolute atomic E-state index is 12.6. The smallest absolute Gasteiger partial charge is 0.416 e. The van der Waals surface area contributed by atoms with Gasteiger partial charge in [-0.05, 0) is 62.2 Å². The number of nitrogens with one attached hydrogen (secondary N) is 1. The van der Waals surface area contributed by atoms with Crippen molar-refractivity contribution in [3.63, 3.8) is 0 Å². The Hall–Kier alpha value is -3.33. The van der Waals surface area contributed by atoms with Gasteiger partial charge in [-0.25, -0.2) is 4.79 Å². The maximum Gasteiger partial charge on any atom is 0.416 e. The molecule has 2 aromatic carbocycles. The Balaban J connectivity index is 2.13. The topological polar surface area (TPSA) is 84.9 Å². The Kier molecular flexibility index (Phi) is 7.82. The summed E-state index contributed by atoms with van der Waals surface area (Å²) in [7, 11) is 0. The number of carboxylic acids is 1. The van der Waals surface area contributed by atoms with Gasteiger partial charge in [0.25, 0.3) is 0 Å². The summed E-state index contributed by atoms with van der Waals surface area (Å²) in [6.45, 7) is 4.81. The SMILES string of the molecule is CC(=O)c1cc(/C=C(\OC(C)C)C(=O)O)ccc1ONCc1ccc(C(F)(F)F)cc1. The van der Waals surface area contributed by atoms with E-state index in [0.717, 1.165) is 12.1 Å². The molecule has 0 spiro atoms. The van der Waals surface area contributed by atoms with Crippen molar-refractivity contribution < 1.29 is 37.4 Å². The minimum atomic E-state index is -4.41. The van der Waals surface area contributed by atoms with Gasteiger partial charge in [0.1, 0.15) is 0 Å². The molecule has 0 aliphatic rings. The molecule has 0 fully saturated rings. The molecule has 0 unspecified atom stereocenters. The molecular weight excluding hydrogens is 415 g/mol. The standard InChI is InChI=1S/C22H22F3NO5/c1-13(2)30-20(21(28)29)11-16-6-9-19(18(10-16)14(3)27)31-26-12-15-4-7-17(8-5-15)22(23,24)25/h4-11,13,26H,12H2,1-3H3,(H,28,29)/b20-11-. The average molecular weight is 437 g/mol. The highest BCUT2D eigenvalue weighted by molar-refractivity contribution is 5.98. The number of carbonyl (C=O) groups excluding carboxylic acids is 1. The van der Waals surface area contributed by atoms with Crippen molar-refractivity contribution >= 4 is 17.8 Å². The third kappa shape index (κ3) is 7.14. The summed E-state index contributed by atoms with van der Waals surface area (Å²) in [5, 5.41) is 9.25. The minimum absolute atomic E-state index is 0.0997. The van der Waals surface area contributed by atoms with E-state index in [1.807, 2.05) is 0 Å². The number of halogens is 3. The van der Waals surface area contributed by atoms with Gasteiger partial charge in [-0.1, -0.05) is 18.2 Å². The van der Waals surface area contributed by atoms with Crippen LogP contribution in [0.5, 0.6) is 5.75 Å². The number of Topliss-reactive ketones (excluding diaryl/α,β-unsaturated/α-hetero) is 1. The first-order chi connectivity index (χ1) is 14.5. The largest absolute Gasteiger partial charge is 0.484 e. The number of benzene rings is 2. The summed E-state index contributed by atoms with van der Waals surface area (Å²) in [6.07, 6.45) is -3.45. The van der Waals surface area contributed by atoms with E-state index in [-0.39, 0.29) is 35.5 Å². The van der Waals surface area contributed by atoms with Crippen LogP contribution in [0.1, 0.15) is 47.8 Å². The molecule has 2 aromatic rings. The van der Waals surface area contributed by atoms with Crippen LogP contribution in [0.3, 0.4) is 0 Å². The lowest BCUT2D eigenvalue weighted by Gasteiger charge is -2.13. The van der Waals surface area contributed by atoms with Gasteiger partial charge in [-0.15, -0.1) is 0 Å². The van der Waals surface area contributed by atoms with Gasteiger partial charge in [0, 0.05) is 0 Å². The number of aliphatic carboxylic acids is 1. The van der Waals surface area contributed by atoms with Gasteiger partial charge in [0.15, 0.2) is 11.5 Å². The van der Waals surface area contributed by atoms with Gasteiger partial charge in [0.2, 0.25) is 5.76 Å². The van der Waals surface area contributed by atoms with Crippen molar-refractivity contribution in [1.82, 2.24) is 5.48 Å². The lowest BCUT2D eigenvalue weighted by molar-refractivity contribution is -0.138. The highest BCUT2D eigenvalue weighted by Crippen LogP contribution is 2.29. The zero-order chi connectivity index (χ0) is 23.2. The van der Waals surface area contributed by atoms with E-state index in [0.29, 0.717) is 11.1 Å². The highest BCUT2D eigenvalue weighted by atomic mass is 19.4. The van der Waals surface area contributed by atoms with E-state index in [2.05, 4.69) is 5.48 Å². The molecule has 0 saturated heterocycles.